The Morgan fingerprint density at radius 1 is 1.17 bits per heavy atom. The standard InChI is InChI=1S/C16H17ClN2O.C3H8/c1-16(2,3)11-6-4-7-12(10-11)19-15(20)13-8-5-9-18-14(13)17;1-3-2/h4-10H,1-3H3,(H,19,20);3H2,1-2H3. The second-order valence-electron chi connectivity index (χ2n) is 6.33. The first kappa shape index (κ1) is 19.2. The van der Waals surface area contributed by atoms with Crippen molar-refractivity contribution in [2.24, 2.45) is 0 Å². The van der Waals surface area contributed by atoms with Gasteiger partial charge >= 0.3 is 0 Å². The molecule has 2 rings (SSSR count). The summed E-state index contributed by atoms with van der Waals surface area (Å²) < 4.78 is 0. The summed E-state index contributed by atoms with van der Waals surface area (Å²) in [5.41, 5.74) is 2.32. The number of aromatic nitrogens is 1. The van der Waals surface area contributed by atoms with Gasteiger partial charge in [0.15, 0.2) is 0 Å². The number of anilines is 1. The Hall–Kier alpha value is -1.87. The number of amides is 1. The molecule has 1 amide bonds. The summed E-state index contributed by atoms with van der Waals surface area (Å²) >= 11 is 5.92. The Balaban J connectivity index is 0.000000816. The summed E-state index contributed by atoms with van der Waals surface area (Å²) in [6, 6.07) is 11.2. The van der Waals surface area contributed by atoms with Crippen molar-refractivity contribution in [1.29, 1.82) is 0 Å². The van der Waals surface area contributed by atoms with E-state index in [0.29, 0.717) is 5.56 Å². The van der Waals surface area contributed by atoms with E-state index in [-0.39, 0.29) is 16.5 Å². The first-order chi connectivity index (χ1) is 10.8. The van der Waals surface area contributed by atoms with E-state index in [4.69, 9.17) is 11.6 Å². The monoisotopic (exact) mass is 332 g/mol. The van der Waals surface area contributed by atoms with Crippen LogP contribution in [0.3, 0.4) is 0 Å². The highest BCUT2D eigenvalue weighted by molar-refractivity contribution is 6.33. The van der Waals surface area contributed by atoms with Gasteiger partial charge in [-0.25, -0.2) is 4.98 Å². The van der Waals surface area contributed by atoms with Crippen LogP contribution in [-0.2, 0) is 5.41 Å². The smallest absolute Gasteiger partial charge is 0.258 e. The van der Waals surface area contributed by atoms with Crippen LogP contribution in [0.1, 0.15) is 57.0 Å². The van der Waals surface area contributed by atoms with Gasteiger partial charge in [0.25, 0.3) is 5.91 Å². The number of nitrogens with zero attached hydrogens (tertiary/aromatic N) is 1. The van der Waals surface area contributed by atoms with Crippen LogP contribution in [0.25, 0.3) is 0 Å². The second kappa shape index (κ2) is 8.68. The van der Waals surface area contributed by atoms with Gasteiger partial charge in [-0.3, -0.25) is 4.79 Å². The van der Waals surface area contributed by atoms with E-state index in [2.05, 4.69) is 44.9 Å². The lowest BCUT2D eigenvalue weighted by molar-refractivity contribution is 0.102. The summed E-state index contributed by atoms with van der Waals surface area (Å²) in [6.45, 7) is 10.6. The molecule has 2 aromatic rings. The zero-order valence-electron chi connectivity index (χ0n) is 14.5. The molecule has 0 fully saturated rings. The maximum absolute atomic E-state index is 12.2. The van der Waals surface area contributed by atoms with Crippen molar-refractivity contribution in [1.82, 2.24) is 4.98 Å². The van der Waals surface area contributed by atoms with E-state index in [1.54, 1.807) is 18.3 Å². The average molecular weight is 333 g/mol. The molecule has 0 saturated carbocycles. The van der Waals surface area contributed by atoms with Gasteiger partial charge in [0.2, 0.25) is 0 Å². The number of hydrogen-bond donors (Lipinski definition) is 1. The molecule has 0 saturated heterocycles. The van der Waals surface area contributed by atoms with E-state index in [1.165, 1.54) is 6.42 Å². The highest BCUT2D eigenvalue weighted by Gasteiger charge is 2.15. The minimum absolute atomic E-state index is 0.0344. The molecule has 1 aromatic heterocycles. The van der Waals surface area contributed by atoms with Gasteiger partial charge in [-0.15, -0.1) is 0 Å². The minimum Gasteiger partial charge on any atom is -0.322 e. The fraction of sp³-hybridized carbons (Fsp3) is 0.368. The topological polar surface area (TPSA) is 42.0 Å². The largest absolute Gasteiger partial charge is 0.322 e. The summed E-state index contributed by atoms with van der Waals surface area (Å²) in [7, 11) is 0. The molecule has 0 unspecified atom stereocenters. The van der Waals surface area contributed by atoms with Crippen molar-refractivity contribution in [2.75, 3.05) is 5.32 Å². The number of carbonyl (C=O) groups is 1. The molecule has 0 aliphatic heterocycles. The first-order valence-corrected chi connectivity index (χ1v) is 8.19. The van der Waals surface area contributed by atoms with Gasteiger partial charge in [0.1, 0.15) is 5.15 Å². The Kier molecular flexibility index (Phi) is 7.24. The fourth-order valence-corrected chi connectivity index (χ4v) is 2.02. The van der Waals surface area contributed by atoms with Crippen molar-refractivity contribution in [3.8, 4) is 0 Å². The fourth-order valence-electron chi connectivity index (χ4n) is 1.82. The summed E-state index contributed by atoms with van der Waals surface area (Å²) in [4.78, 5) is 16.1. The van der Waals surface area contributed by atoms with Crippen LogP contribution in [-0.4, -0.2) is 10.9 Å². The predicted molar refractivity (Wildman–Crippen MR) is 98.3 cm³/mol. The van der Waals surface area contributed by atoms with Crippen molar-refractivity contribution in [3.05, 3.63) is 58.9 Å². The Morgan fingerprint density at radius 2 is 1.83 bits per heavy atom. The van der Waals surface area contributed by atoms with Crippen LogP contribution in [0.15, 0.2) is 42.6 Å². The molecule has 0 spiro atoms. The van der Waals surface area contributed by atoms with Gasteiger partial charge in [0.05, 0.1) is 5.56 Å². The summed E-state index contributed by atoms with van der Waals surface area (Å²) in [5, 5.41) is 3.05. The molecule has 0 aliphatic carbocycles. The average Bonchev–Trinajstić information content (AvgIpc) is 2.48. The Bertz CT molecular complexity index is 648. The van der Waals surface area contributed by atoms with Crippen LogP contribution in [0.5, 0.6) is 0 Å². The molecule has 0 radical (unpaired) electrons. The van der Waals surface area contributed by atoms with Gasteiger partial charge in [0, 0.05) is 11.9 Å². The van der Waals surface area contributed by atoms with Gasteiger partial charge in [-0.05, 0) is 35.2 Å². The predicted octanol–water partition coefficient (Wildman–Crippen LogP) is 5.70. The molecular weight excluding hydrogens is 308 g/mol. The van der Waals surface area contributed by atoms with Crippen LogP contribution in [0.2, 0.25) is 5.15 Å². The van der Waals surface area contributed by atoms with Crippen molar-refractivity contribution in [3.63, 3.8) is 0 Å². The van der Waals surface area contributed by atoms with Gasteiger partial charge in [-0.2, -0.15) is 0 Å². The molecule has 1 heterocycles. The number of hydrogen-bond acceptors (Lipinski definition) is 2. The number of carbonyl (C=O) groups excluding carboxylic acids is 1. The molecule has 0 atom stereocenters. The van der Waals surface area contributed by atoms with E-state index in [0.717, 1.165) is 11.3 Å². The quantitative estimate of drug-likeness (QED) is 0.716. The van der Waals surface area contributed by atoms with E-state index < -0.39 is 0 Å². The molecular formula is C19H25ClN2O. The van der Waals surface area contributed by atoms with Gasteiger partial charge in [-0.1, -0.05) is 64.8 Å². The molecule has 23 heavy (non-hydrogen) atoms. The third-order valence-electron chi connectivity index (χ3n) is 2.99. The summed E-state index contributed by atoms with van der Waals surface area (Å²) in [6.07, 6.45) is 2.80. The number of rotatable bonds is 2. The Morgan fingerprint density at radius 3 is 2.39 bits per heavy atom. The van der Waals surface area contributed by atoms with Crippen molar-refractivity contribution >= 4 is 23.2 Å². The molecule has 124 valence electrons. The SMILES string of the molecule is CC(C)(C)c1cccc(NC(=O)c2cccnc2Cl)c1.CCC. The molecule has 1 aromatic carbocycles. The highest BCUT2D eigenvalue weighted by Crippen LogP contribution is 2.25. The van der Waals surface area contributed by atoms with Crippen LogP contribution in [0, 0.1) is 0 Å². The lowest BCUT2D eigenvalue weighted by atomic mass is 9.87. The molecule has 0 aliphatic rings. The maximum atomic E-state index is 12.2. The maximum Gasteiger partial charge on any atom is 0.258 e. The van der Waals surface area contributed by atoms with E-state index in [1.807, 2.05) is 24.3 Å². The van der Waals surface area contributed by atoms with Crippen LogP contribution >= 0.6 is 11.6 Å². The molecule has 0 bridgehead atoms. The normalized spacial score (nSPS) is 10.5. The molecule has 4 heteroatoms. The number of halogens is 1. The molecule has 1 N–H and O–H groups in total. The third-order valence-corrected chi connectivity index (χ3v) is 3.29. The van der Waals surface area contributed by atoms with Crippen molar-refractivity contribution in [2.45, 2.75) is 46.5 Å². The number of pyridine rings is 1. The zero-order chi connectivity index (χ0) is 17.5. The Labute approximate surface area is 144 Å². The number of benzene rings is 1. The first-order valence-electron chi connectivity index (χ1n) is 7.82. The summed E-state index contributed by atoms with van der Waals surface area (Å²) in [5.74, 6) is -0.255. The van der Waals surface area contributed by atoms with Crippen molar-refractivity contribution < 1.29 is 4.79 Å². The number of nitrogens with one attached hydrogen (secondary N) is 1. The van der Waals surface area contributed by atoms with Gasteiger partial charge < -0.3 is 5.32 Å². The lowest BCUT2D eigenvalue weighted by Gasteiger charge is -2.19. The zero-order valence-corrected chi connectivity index (χ0v) is 15.2. The third kappa shape index (κ3) is 6.03. The van der Waals surface area contributed by atoms with E-state index >= 15 is 0 Å². The lowest BCUT2D eigenvalue weighted by Crippen LogP contribution is -2.15. The molecule has 3 nitrogen and oxygen atoms in total. The van der Waals surface area contributed by atoms with Crippen LogP contribution in [0.4, 0.5) is 5.69 Å². The second-order valence-corrected chi connectivity index (χ2v) is 6.69. The minimum atomic E-state index is -0.255. The van der Waals surface area contributed by atoms with Crippen LogP contribution < -0.4 is 5.32 Å². The highest BCUT2D eigenvalue weighted by atomic mass is 35.5. The van der Waals surface area contributed by atoms with E-state index in [9.17, 15) is 4.79 Å².